The van der Waals surface area contributed by atoms with Crippen LogP contribution in [0.15, 0.2) is 17.3 Å². The Hall–Kier alpha value is -1.24. The van der Waals surface area contributed by atoms with Crippen LogP contribution in [0.4, 0.5) is 4.79 Å². The summed E-state index contributed by atoms with van der Waals surface area (Å²) in [5.74, 6) is 0.225. The number of methoxy groups -OCH3 is 1. The average Bonchev–Trinajstić information content (AvgIpc) is 2.59. The second-order valence-electron chi connectivity index (χ2n) is 3.63. The highest BCUT2D eigenvalue weighted by atomic mass is 16.7. The van der Waals surface area contributed by atoms with Crippen molar-refractivity contribution in [2.75, 3.05) is 20.3 Å². The SMILES string of the molecule is COCC1CC[N+]2(C=CC(N)=NC2=O)O1. The number of hydrogen-bond donors (Lipinski definition) is 1. The average molecular weight is 212 g/mol. The lowest BCUT2D eigenvalue weighted by Crippen LogP contribution is -2.46. The Kier molecular flexibility index (Phi) is 2.56. The molecule has 2 amide bonds. The van der Waals surface area contributed by atoms with Crippen molar-refractivity contribution in [3.8, 4) is 0 Å². The lowest BCUT2D eigenvalue weighted by molar-refractivity contribution is -0.988. The van der Waals surface area contributed by atoms with Crippen molar-refractivity contribution in [1.82, 2.24) is 0 Å². The number of carbonyl (C=O) groups is 1. The van der Waals surface area contributed by atoms with Gasteiger partial charge in [-0.25, -0.2) is 4.79 Å². The molecule has 2 heterocycles. The number of hydrogen-bond acceptors (Lipinski definition) is 4. The van der Waals surface area contributed by atoms with E-state index >= 15 is 0 Å². The van der Waals surface area contributed by atoms with Crippen LogP contribution in [0.5, 0.6) is 0 Å². The molecule has 0 aromatic carbocycles. The van der Waals surface area contributed by atoms with Gasteiger partial charge in [-0.2, -0.15) is 4.84 Å². The topological polar surface area (TPSA) is 73.9 Å². The first kappa shape index (κ1) is 10.3. The maximum Gasteiger partial charge on any atom is 0.481 e. The summed E-state index contributed by atoms with van der Waals surface area (Å²) >= 11 is 0. The van der Waals surface area contributed by atoms with Gasteiger partial charge in [0, 0.05) is 19.6 Å². The molecule has 82 valence electrons. The molecule has 0 saturated carbocycles. The summed E-state index contributed by atoms with van der Waals surface area (Å²) in [6, 6.07) is -0.367. The minimum absolute atomic E-state index is 0.0573. The van der Waals surface area contributed by atoms with Crippen molar-refractivity contribution in [3.63, 3.8) is 0 Å². The number of nitrogens with two attached hydrogens (primary N) is 1. The standard InChI is InChI=1S/C9H13N3O3/c1-14-6-7-2-4-12(15-7)5-3-8(10)11-9(12)13/h3,5,7H,2,4,6H2,1H3,(H-,10,11,13)/p+1. The quantitative estimate of drug-likeness (QED) is 0.661. The third-order valence-corrected chi connectivity index (χ3v) is 2.51. The second-order valence-corrected chi connectivity index (χ2v) is 3.63. The molecular formula is C9H14N3O3+. The summed E-state index contributed by atoms with van der Waals surface area (Å²) in [4.78, 5) is 21.0. The van der Waals surface area contributed by atoms with Crippen molar-refractivity contribution < 1.29 is 19.0 Å². The normalized spacial score (nSPS) is 34.9. The van der Waals surface area contributed by atoms with Crippen molar-refractivity contribution in [2.24, 2.45) is 10.7 Å². The highest BCUT2D eigenvalue weighted by molar-refractivity contribution is 5.99. The molecule has 1 saturated heterocycles. The molecule has 0 aliphatic carbocycles. The first-order valence-corrected chi connectivity index (χ1v) is 4.79. The molecule has 2 rings (SSSR count). The van der Waals surface area contributed by atoms with Gasteiger partial charge in [0.05, 0.1) is 6.61 Å². The van der Waals surface area contributed by atoms with E-state index in [2.05, 4.69) is 4.99 Å². The van der Waals surface area contributed by atoms with E-state index in [4.69, 9.17) is 15.3 Å². The molecule has 1 spiro atoms. The molecule has 15 heavy (non-hydrogen) atoms. The van der Waals surface area contributed by atoms with Crippen LogP contribution in [0.3, 0.4) is 0 Å². The molecule has 0 aromatic rings. The maximum atomic E-state index is 11.7. The molecule has 0 aromatic heterocycles. The lowest BCUT2D eigenvalue weighted by atomic mass is 10.3. The monoisotopic (exact) mass is 212 g/mol. The van der Waals surface area contributed by atoms with E-state index in [1.165, 1.54) is 0 Å². The fraction of sp³-hybridized carbons (Fsp3) is 0.556. The zero-order chi connectivity index (χ0) is 10.9. The Labute approximate surface area is 87.5 Å². The van der Waals surface area contributed by atoms with Crippen LogP contribution in [0.1, 0.15) is 6.42 Å². The minimum atomic E-state index is -0.367. The number of rotatable bonds is 2. The lowest BCUT2D eigenvalue weighted by Gasteiger charge is -2.23. The molecule has 0 bridgehead atoms. The number of ether oxygens (including phenoxy) is 1. The van der Waals surface area contributed by atoms with Gasteiger partial charge in [-0.05, 0) is 0 Å². The Morgan fingerprint density at radius 2 is 2.60 bits per heavy atom. The number of aliphatic imine (C=N–C) groups is 1. The van der Waals surface area contributed by atoms with E-state index in [0.717, 1.165) is 6.42 Å². The van der Waals surface area contributed by atoms with Crippen molar-refractivity contribution in [2.45, 2.75) is 12.5 Å². The fourth-order valence-corrected chi connectivity index (χ4v) is 1.75. The molecule has 2 aliphatic heterocycles. The van der Waals surface area contributed by atoms with Crippen LogP contribution in [0, 0.1) is 0 Å². The Balaban J connectivity index is 2.11. The summed E-state index contributed by atoms with van der Waals surface area (Å²) in [7, 11) is 1.61. The summed E-state index contributed by atoms with van der Waals surface area (Å²) in [6.07, 6.45) is 3.95. The summed E-state index contributed by atoms with van der Waals surface area (Å²) in [5.41, 5.74) is 5.42. The van der Waals surface area contributed by atoms with Crippen LogP contribution < -0.4 is 5.73 Å². The van der Waals surface area contributed by atoms with Gasteiger partial charge < -0.3 is 10.5 Å². The molecule has 1 fully saturated rings. The fourth-order valence-electron chi connectivity index (χ4n) is 1.75. The Morgan fingerprint density at radius 1 is 1.80 bits per heavy atom. The van der Waals surface area contributed by atoms with Crippen LogP contribution >= 0.6 is 0 Å². The van der Waals surface area contributed by atoms with Crippen LogP contribution in [-0.4, -0.2) is 42.9 Å². The number of amidine groups is 1. The smallest absolute Gasteiger partial charge is 0.383 e. The number of urea groups is 1. The van der Waals surface area contributed by atoms with Crippen LogP contribution in [-0.2, 0) is 9.57 Å². The van der Waals surface area contributed by atoms with Gasteiger partial charge in [0.15, 0.2) is 0 Å². The molecule has 0 radical (unpaired) electrons. The molecule has 2 N–H and O–H groups in total. The van der Waals surface area contributed by atoms with E-state index in [1.54, 1.807) is 19.4 Å². The van der Waals surface area contributed by atoms with Crippen LogP contribution in [0.25, 0.3) is 0 Å². The third-order valence-electron chi connectivity index (χ3n) is 2.51. The summed E-state index contributed by atoms with van der Waals surface area (Å²) in [5, 5.41) is 0. The van der Waals surface area contributed by atoms with Gasteiger partial charge in [0.2, 0.25) is 0 Å². The van der Waals surface area contributed by atoms with Gasteiger partial charge in [-0.15, -0.1) is 4.99 Å². The Morgan fingerprint density at radius 3 is 3.27 bits per heavy atom. The largest absolute Gasteiger partial charge is 0.481 e. The van der Waals surface area contributed by atoms with Gasteiger partial charge in [0.25, 0.3) is 0 Å². The summed E-state index contributed by atoms with van der Waals surface area (Å²) in [6.45, 7) is 1.07. The highest BCUT2D eigenvalue weighted by Gasteiger charge is 2.47. The predicted octanol–water partition coefficient (Wildman–Crippen LogP) is 0.158. The first-order valence-electron chi connectivity index (χ1n) is 4.79. The maximum absolute atomic E-state index is 11.7. The van der Waals surface area contributed by atoms with Crippen molar-refractivity contribution in [3.05, 3.63) is 12.3 Å². The van der Waals surface area contributed by atoms with E-state index < -0.39 is 0 Å². The highest BCUT2D eigenvalue weighted by Crippen LogP contribution is 2.27. The number of quaternary nitrogens is 1. The van der Waals surface area contributed by atoms with E-state index in [-0.39, 0.29) is 22.6 Å². The van der Waals surface area contributed by atoms with Gasteiger partial charge in [-0.3, -0.25) is 0 Å². The van der Waals surface area contributed by atoms with E-state index in [9.17, 15) is 4.79 Å². The predicted molar refractivity (Wildman–Crippen MR) is 52.7 cm³/mol. The van der Waals surface area contributed by atoms with E-state index in [1.807, 2.05) is 0 Å². The zero-order valence-electron chi connectivity index (χ0n) is 8.55. The molecule has 6 nitrogen and oxygen atoms in total. The number of nitrogens with zero attached hydrogens (tertiary/aromatic N) is 2. The third kappa shape index (κ3) is 1.79. The summed E-state index contributed by atoms with van der Waals surface area (Å²) < 4.78 is 4.80. The van der Waals surface area contributed by atoms with Crippen LogP contribution in [0.2, 0.25) is 0 Å². The first-order chi connectivity index (χ1) is 7.16. The molecule has 2 unspecified atom stereocenters. The second kappa shape index (κ2) is 3.73. The molecular weight excluding hydrogens is 198 g/mol. The van der Waals surface area contributed by atoms with Gasteiger partial charge in [-0.1, -0.05) is 4.65 Å². The molecule has 6 heteroatoms. The molecule has 2 aliphatic rings. The minimum Gasteiger partial charge on any atom is -0.383 e. The van der Waals surface area contributed by atoms with Crippen molar-refractivity contribution in [1.29, 1.82) is 0 Å². The van der Waals surface area contributed by atoms with Gasteiger partial charge >= 0.3 is 6.03 Å². The molecule has 2 atom stereocenters. The zero-order valence-corrected chi connectivity index (χ0v) is 8.55. The number of amides is 2. The Bertz CT molecular complexity index is 339. The van der Waals surface area contributed by atoms with E-state index in [0.29, 0.717) is 13.2 Å². The number of carbonyl (C=O) groups excluding carboxylic acids is 1. The van der Waals surface area contributed by atoms with Crippen molar-refractivity contribution >= 4 is 11.9 Å². The van der Waals surface area contributed by atoms with Gasteiger partial charge in [0.1, 0.15) is 24.7 Å². The number of hydroxylamine groups is 3.